The van der Waals surface area contributed by atoms with Crippen molar-refractivity contribution in [1.29, 1.82) is 0 Å². The molecule has 1 heteroatoms. The van der Waals surface area contributed by atoms with Crippen LogP contribution in [0, 0.1) is 11.3 Å². The predicted molar refractivity (Wildman–Crippen MR) is 72.8 cm³/mol. The van der Waals surface area contributed by atoms with Gasteiger partial charge in [0.1, 0.15) is 0 Å². The second kappa shape index (κ2) is 4.66. The summed E-state index contributed by atoms with van der Waals surface area (Å²) in [6.07, 6.45) is 2.55. The van der Waals surface area contributed by atoms with Gasteiger partial charge in [0.15, 0.2) is 0 Å². The maximum atomic E-state index is 5.95. The zero-order valence-corrected chi connectivity index (χ0v) is 11.2. The summed E-state index contributed by atoms with van der Waals surface area (Å²) in [6.45, 7) is 9.83. The van der Waals surface area contributed by atoms with E-state index in [9.17, 15) is 0 Å². The second-order valence-corrected chi connectivity index (χ2v) is 6.04. The van der Waals surface area contributed by atoms with Gasteiger partial charge in [0, 0.05) is 5.92 Å². The van der Waals surface area contributed by atoms with Gasteiger partial charge in [-0.2, -0.15) is 0 Å². The van der Waals surface area contributed by atoms with Gasteiger partial charge in [-0.3, -0.25) is 0 Å². The molecule has 1 heterocycles. The van der Waals surface area contributed by atoms with Gasteiger partial charge in [-0.25, -0.2) is 0 Å². The number of benzene rings is 1. The molecule has 1 saturated heterocycles. The molecule has 0 radical (unpaired) electrons. The van der Waals surface area contributed by atoms with Crippen LogP contribution >= 0.6 is 0 Å². The molecule has 0 N–H and O–H groups in total. The van der Waals surface area contributed by atoms with Crippen molar-refractivity contribution < 1.29 is 4.74 Å². The van der Waals surface area contributed by atoms with E-state index in [0.29, 0.717) is 5.92 Å². The Kier molecular flexibility index (Phi) is 3.39. The normalized spacial score (nSPS) is 27.6. The van der Waals surface area contributed by atoms with E-state index >= 15 is 0 Å². The van der Waals surface area contributed by atoms with Crippen LogP contribution in [0.25, 0.3) is 6.08 Å². The van der Waals surface area contributed by atoms with E-state index in [1.165, 1.54) is 11.1 Å². The SMILES string of the molecule is C[C@@H]1CO[C@@H](C(C)(C)C)/C1=C\c1ccccc1. The van der Waals surface area contributed by atoms with Crippen molar-refractivity contribution in [2.24, 2.45) is 11.3 Å². The van der Waals surface area contributed by atoms with Crippen molar-refractivity contribution >= 4 is 6.08 Å². The van der Waals surface area contributed by atoms with Gasteiger partial charge in [-0.05, 0) is 16.6 Å². The van der Waals surface area contributed by atoms with E-state index in [2.05, 4.69) is 64.1 Å². The van der Waals surface area contributed by atoms with Gasteiger partial charge >= 0.3 is 0 Å². The minimum Gasteiger partial charge on any atom is -0.373 e. The molecule has 1 aliphatic rings. The van der Waals surface area contributed by atoms with Crippen molar-refractivity contribution in [1.82, 2.24) is 0 Å². The zero-order valence-electron chi connectivity index (χ0n) is 11.2. The van der Waals surface area contributed by atoms with Crippen LogP contribution in [-0.4, -0.2) is 12.7 Å². The number of hydrogen-bond donors (Lipinski definition) is 0. The molecule has 1 fully saturated rings. The average Bonchev–Trinajstić information content (AvgIpc) is 2.62. The lowest BCUT2D eigenvalue weighted by Crippen LogP contribution is -2.27. The van der Waals surface area contributed by atoms with Crippen LogP contribution in [0.3, 0.4) is 0 Å². The Morgan fingerprint density at radius 3 is 2.41 bits per heavy atom. The van der Waals surface area contributed by atoms with Crippen LogP contribution in [0.1, 0.15) is 33.3 Å². The summed E-state index contributed by atoms with van der Waals surface area (Å²) in [6, 6.07) is 10.5. The number of rotatable bonds is 1. The first kappa shape index (κ1) is 12.4. The topological polar surface area (TPSA) is 9.23 Å². The lowest BCUT2D eigenvalue weighted by atomic mass is 9.81. The Morgan fingerprint density at radius 2 is 1.82 bits per heavy atom. The molecule has 2 atom stereocenters. The van der Waals surface area contributed by atoms with Gasteiger partial charge in [-0.15, -0.1) is 0 Å². The smallest absolute Gasteiger partial charge is 0.0840 e. The lowest BCUT2D eigenvalue weighted by molar-refractivity contribution is 0.0425. The highest BCUT2D eigenvalue weighted by Gasteiger charge is 2.36. The fraction of sp³-hybridized carbons (Fsp3) is 0.500. The third-order valence-electron chi connectivity index (χ3n) is 3.30. The molecule has 1 nitrogen and oxygen atoms in total. The summed E-state index contributed by atoms with van der Waals surface area (Å²) >= 11 is 0. The van der Waals surface area contributed by atoms with Crippen molar-refractivity contribution in [2.75, 3.05) is 6.61 Å². The van der Waals surface area contributed by atoms with Gasteiger partial charge in [0.05, 0.1) is 12.7 Å². The van der Waals surface area contributed by atoms with Crippen molar-refractivity contribution in [3.05, 3.63) is 41.5 Å². The van der Waals surface area contributed by atoms with Crippen LogP contribution in [0.5, 0.6) is 0 Å². The van der Waals surface area contributed by atoms with Gasteiger partial charge < -0.3 is 4.74 Å². The van der Waals surface area contributed by atoms with Crippen molar-refractivity contribution in [2.45, 2.75) is 33.8 Å². The first-order valence-electron chi connectivity index (χ1n) is 6.36. The summed E-state index contributed by atoms with van der Waals surface area (Å²) in [7, 11) is 0. The summed E-state index contributed by atoms with van der Waals surface area (Å²) in [5, 5.41) is 0. The molecule has 0 aliphatic carbocycles. The van der Waals surface area contributed by atoms with Crippen LogP contribution < -0.4 is 0 Å². The van der Waals surface area contributed by atoms with E-state index < -0.39 is 0 Å². The molecule has 1 aromatic carbocycles. The Labute approximate surface area is 104 Å². The van der Waals surface area contributed by atoms with Crippen molar-refractivity contribution in [3.63, 3.8) is 0 Å². The maximum absolute atomic E-state index is 5.95. The summed E-state index contributed by atoms with van der Waals surface area (Å²) < 4.78 is 5.95. The van der Waals surface area contributed by atoms with Crippen LogP contribution in [0.4, 0.5) is 0 Å². The summed E-state index contributed by atoms with van der Waals surface area (Å²) in [4.78, 5) is 0. The lowest BCUT2D eigenvalue weighted by Gasteiger charge is -2.27. The highest BCUT2D eigenvalue weighted by molar-refractivity contribution is 5.55. The molecule has 1 aromatic rings. The van der Waals surface area contributed by atoms with E-state index in [4.69, 9.17) is 4.74 Å². The Balaban J connectivity index is 2.31. The van der Waals surface area contributed by atoms with E-state index in [1.807, 2.05) is 0 Å². The molecule has 1 aliphatic heterocycles. The van der Waals surface area contributed by atoms with E-state index in [0.717, 1.165) is 6.61 Å². The van der Waals surface area contributed by atoms with Gasteiger partial charge in [0.2, 0.25) is 0 Å². The molecule has 92 valence electrons. The standard InChI is InChI=1S/C16H22O/c1-12-11-17-15(16(2,3)4)14(12)10-13-8-6-5-7-9-13/h5-10,12,15H,11H2,1-4H3/b14-10-/t12-,15-/m1/s1. The number of ether oxygens (including phenoxy) is 1. The van der Waals surface area contributed by atoms with E-state index in [1.54, 1.807) is 0 Å². The molecule has 0 aromatic heterocycles. The third-order valence-corrected chi connectivity index (χ3v) is 3.30. The van der Waals surface area contributed by atoms with Crippen LogP contribution in [-0.2, 0) is 4.74 Å². The van der Waals surface area contributed by atoms with Crippen molar-refractivity contribution in [3.8, 4) is 0 Å². The largest absolute Gasteiger partial charge is 0.373 e. The highest BCUT2D eigenvalue weighted by Crippen LogP contribution is 2.38. The first-order chi connectivity index (χ1) is 7.98. The summed E-state index contributed by atoms with van der Waals surface area (Å²) in [5.74, 6) is 0.527. The molecule has 0 unspecified atom stereocenters. The van der Waals surface area contributed by atoms with Crippen LogP contribution in [0.15, 0.2) is 35.9 Å². The minimum atomic E-state index is 0.172. The first-order valence-corrected chi connectivity index (χ1v) is 6.36. The van der Waals surface area contributed by atoms with Gasteiger partial charge in [0.25, 0.3) is 0 Å². The Hall–Kier alpha value is -1.08. The fourth-order valence-electron chi connectivity index (χ4n) is 2.40. The molecule has 17 heavy (non-hydrogen) atoms. The molecular formula is C16H22O. The Bertz CT molecular complexity index is 397. The zero-order chi connectivity index (χ0) is 12.5. The quantitative estimate of drug-likeness (QED) is 0.704. The van der Waals surface area contributed by atoms with E-state index in [-0.39, 0.29) is 11.5 Å². The van der Waals surface area contributed by atoms with Crippen LogP contribution in [0.2, 0.25) is 0 Å². The minimum absolute atomic E-state index is 0.172. The predicted octanol–water partition coefficient (Wildman–Crippen LogP) is 4.15. The molecule has 2 rings (SSSR count). The second-order valence-electron chi connectivity index (χ2n) is 6.04. The average molecular weight is 230 g/mol. The molecule has 0 amide bonds. The third kappa shape index (κ3) is 2.78. The molecular weight excluding hydrogens is 208 g/mol. The monoisotopic (exact) mass is 230 g/mol. The fourth-order valence-corrected chi connectivity index (χ4v) is 2.40. The van der Waals surface area contributed by atoms with Gasteiger partial charge in [-0.1, -0.05) is 64.1 Å². The molecule has 0 saturated carbocycles. The summed E-state index contributed by atoms with van der Waals surface area (Å²) in [5.41, 5.74) is 2.88. The number of hydrogen-bond acceptors (Lipinski definition) is 1. The molecule has 0 spiro atoms. The maximum Gasteiger partial charge on any atom is 0.0840 e. The highest BCUT2D eigenvalue weighted by atomic mass is 16.5. The molecule has 0 bridgehead atoms. The Morgan fingerprint density at radius 1 is 1.18 bits per heavy atom.